The fraction of sp³-hybridized carbons (Fsp3) is 0.217. The van der Waals surface area contributed by atoms with Crippen LogP contribution >= 0.6 is 35.1 Å². The lowest BCUT2D eigenvalue weighted by Crippen LogP contribution is -2.04. The molecule has 0 bridgehead atoms. The lowest BCUT2D eigenvalue weighted by molar-refractivity contribution is 0.532. The Morgan fingerprint density at radius 3 is 2.53 bits per heavy atom. The van der Waals surface area contributed by atoms with E-state index in [0.29, 0.717) is 27.6 Å². The van der Waals surface area contributed by atoms with Crippen molar-refractivity contribution in [2.75, 3.05) is 10.5 Å². The summed E-state index contributed by atoms with van der Waals surface area (Å²) < 4.78 is 20.2. The molecule has 32 heavy (non-hydrogen) atoms. The molecule has 1 aliphatic rings. The molecule has 0 aliphatic heterocycles. The number of hydrogen-bond donors (Lipinski definition) is 2. The quantitative estimate of drug-likeness (QED) is 0.287. The van der Waals surface area contributed by atoms with Crippen LogP contribution in [-0.4, -0.2) is 14.5 Å². The van der Waals surface area contributed by atoms with Crippen LogP contribution in [0.4, 0.5) is 15.9 Å². The Kier molecular flexibility index (Phi) is 5.88. The van der Waals surface area contributed by atoms with Gasteiger partial charge in [-0.15, -0.1) is 0 Å². The molecular formula is C23H20Cl2FN5S. The lowest BCUT2D eigenvalue weighted by Gasteiger charge is -2.12. The van der Waals surface area contributed by atoms with Crippen LogP contribution in [0.25, 0.3) is 22.2 Å². The van der Waals surface area contributed by atoms with E-state index in [0.717, 1.165) is 39.9 Å². The van der Waals surface area contributed by atoms with E-state index in [1.54, 1.807) is 24.3 Å². The number of benzene rings is 2. The van der Waals surface area contributed by atoms with Gasteiger partial charge >= 0.3 is 0 Å². The number of nitrogens with zero attached hydrogens (tertiary/aromatic N) is 3. The molecule has 0 saturated heterocycles. The van der Waals surface area contributed by atoms with E-state index < -0.39 is 0 Å². The molecule has 1 saturated carbocycles. The van der Waals surface area contributed by atoms with Crippen LogP contribution in [0.3, 0.4) is 0 Å². The topological polar surface area (TPSA) is 68.8 Å². The fourth-order valence-electron chi connectivity index (χ4n) is 4.25. The minimum atomic E-state index is -0.375. The van der Waals surface area contributed by atoms with Crippen molar-refractivity contribution in [1.29, 1.82) is 0 Å². The SMILES string of the molecule is Nc1ncnc2c1c(-c1ccc(NSc3cc(Cl)cc(Cl)c3)c(F)c1)cn2C1CCCC1. The van der Waals surface area contributed by atoms with E-state index >= 15 is 4.39 Å². The molecular weight excluding hydrogens is 468 g/mol. The van der Waals surface area contributed by atoms with Crippen molar-refractivity contribution in [3.8, 4) is 11.1 Å². The van der Waals surface area contributed by atoms with Gasteiger partial charge in [0.15, 0.2) is 0 Å². The van der Waals surface area contributed by atoms with Crippen molar-refractivity contribution in [3.05, 3.63) is 64.8 Å². The Morgan fingerprint density at radius 2 is 1.81 bits per heavy atom. The van der Waals surface area contributed by atoms with Gasteiger partial charge < -0.3 is 15.0 Å². The van der Waals surface area contributed by atoms with Gasteiger partial charge in [0.1, 0.15) is 23.6 Å². The van der Waals surface area contributed by atoms with Crippen LogP contribution in [0.5, 0.6) is 0 Å². The molecule has 9 heteroatoms. The summed E-state index contributed by atoms with van der Waals surface area (Å²) >= 11 is 13.3. The fourth-order valence-corrected chi connectivity index (χ4v) is 5.68. The molecule has 1 aliphatic carbocycles. The summed E-state index contributed by atoms with van der Waals surface area (Å²) in [5, 5.41) is 1.81. The van der Waals surface area contributed by atoms with Gasteiger partial charge in [-0.2, -0.15) is 0 Å². The van der Waals surface area contributed by atoms with Crippen LogP contribution < -0.4 is 10.5 Å². The van der Waals surface area contributed by atoms with Crippen LogP contribution in [0.2, 0.25) is 10.0 Å². The maximum atomic E-state index is 15.0. The average molecular weight is 488 g/mol. The van der Waals surface area contributed by atoms with E-state index in [9.17, 15) is 0 Å². The van der Waals surface area contributed by atoms with Gasteiger partial charge in [-0.05, 0) is 60.7 Å². The Hall–Kier alpha value is -2.48. The summed E-state index contributed by atoms with van der Waals surface area (Å²) in [6.07, 6.45) is 8.13. The zero-order valence-electron chi connectivity index (χ0n) is 17.0. The van der Waals surface area contributed by atoms with Crippen molar-refractivity contribution in [1.82, 2.24) is 14.5 Å². The average Bonchev–Trinajstić information content (AvgIpc) is 3.41. The predicted molar refractivity (Wildman–Crippen MR) is 131 cm³/mol. The molecule has 3 N–H and O–H groups in total. The highest BCUT2D eigenvalue weighted by molar-refractivity contribution is 8.00. The number of fused-ring (bicyclic) bond motifs is 1. The molecule has 4 aromatic rings. The summed E-state index contributed by atoms with van der Waals surface area (Å²) in [5.74, 6) is 0.0260. The van der Waals surface area contributed by atoms with E-state index in [-0.39, 0.29) is 5.82 Å². The van der Waals surface area contributed by atoms with E-state index in [2.05, 4.69) is 19.3 Å². The molecule has 0 spiro atoms. The highest BCUT2D eigenvalue weighted by Crippen LogP contribution is 2.39. The monoisotopic (exact) mass is 487 g/mol. The zero-order chi connectivity index (χ0) is 22.2. The summed E-state index contributed by atoms with van der Waals surface area (Å²) in [4.78, 5) is 9.45. The van der Waals surface area contributed by atoms with Crippen molar-refractivity contribution in [2.45, 2.75) is 36.6 Å². The minimum Gasteiger partial charge on any atom is -0.383 e. The minimum absolute atomic E-state index is 0.360. The highest BCUT2D eigenvalue weighted by Gasteiger charge is 2.23. The van der Waals surface area contributed by atoms with Crippen molar-refractivity contribution >= 4 is 57.7 Å². The van der Waals surface area contributed by atoms with Crippen LogP contribution in [-0.2, 0) is 0 Å². The van der Waals surface area contributed by atoms with Gasteiger partial charge in [-0.25, -0.2) is 14.4 Å². The third kappa shape index (κ3) is 4.12. The first-order valence-electron chi connectivity index (χ1n) is 10.3. The van der Waals surface area contributed by atoms with E-state index in [1.165, 1.54) is 37.2 Å². The molecule has 2 heterocycles. The maximum Gasteiger partial charge on any atom is 0.147 e. The standard InChI is InChI=1S/C23H20Cl2FN5S/c24-14-8-15(25)10-17(9-14)32-30-20-6-5-13(7-19(20)26)18-11-31(16-3-1-2-4-16)23-21(18)22(27)28-12-29-23/h5-12,16,30H,1-4H2,(H2,27,28,29). The Balaban J connectivity index is 1.47. The van der Waals surface area contributed by atoms with Crippen molar-refractivity contribution in [3.63, 3.8) is 0 Å². The first-order valence-corrected chi connectivity index (χ1v) is 11.9. The smallest absolute Gasteiger partial charge is 0.147 e. The zero-order valence-corrected chi connectivity index (χ0v) is 19.3. The summed E-state index contributed by atoms with van der Waals surface area (Å²) in [6, 6.07) is 10.6. The summed E-state index contributed by atoms with van der Waals surface area (Å²) in [5.41, 5.74) is 8.94. The summed E-state index contributed by atoms with van der Waals surface area (Å²) in [6.45, 7) is 0. The van der Waals surface area contributed by atoms with Gasteiger partial charge in [-0.1, -0.05) is 42.1 Å². The molecule has 5 nitrogen and oxygen atoms in total. The van der Waals surface area contributed by atoms with Crippen molar-refractivity contribution < 1.29 is 4.39 Å². The number of hydrogen-bond acceptors (Lipinski definition) is 5. The molecule has 0 atom stereocenters. The lowest BCUT2D eigenvalue weighted by atomic mass is 10.1. The van der Waals surface area contributed by atoms with Crippen LogP contribution in [0.1, 0.15) is 31.7 Å². The van der Waals surface area contributed by atoms with Gasteiger partial charge in [-0.3, -0.25) is 0 Å². The van der Waals surface area contributed by atoms with Crippen LogP contribution in [0, 0.1) is 5.82 Å². The molecule has 2 aromatic heterocycles. The maximum absolute atomic E-state index is 15.0. The Labute approximate surface area is 199 Å². The second kappa shape index (κ2) is 8.81. The van der Waals surface area contributed by atoms with Gasteiger partial charge in [0.2, 0.25) is 0 Å². The first-order chi connectivity index (χ1) is 15.5. The van der Waals surface area contributed by atoms with Gasteiger partial charge in [0, 0.05) is 32.7 Å². The molecule has 0 radical (unpaired) electrons. The van der Waals surface area contributed by atoms with Crippen molar-refractivity contribution in [2.24, 2.45) is 0 Å². The number of nitrogens with two attached hydrogens (primary N) is 1. The highest BCUT2D eigenvalue weighted by atomic mass is 35.5. The molecule has 1 fully saturated rings. The number of nitrogens with one attached hydrogen (secondary N) is 1. The van der Waals surface area contributed by atoms with E-state index in [1.807, 2.05) is 12.3 Å². The van der Waals surface area contributed by atoms with Gasteiger partial charge in [0.25, 0.3) is 0 Å². The normalized spacial score (nSPS) is 14.3. The molecule has 2 aromatic carbocycles. The number of aromatic nitrogens is 3. The molecule has 0 unspecified atom stereocenters. The number of nitrogen functional groups attached to an aromatic ring is 1. The molecule has 164 valence electrons. The van der Waals surface area contributed by atoms with Crippen LogP contribution in [0.15, 0.2) is 53.8 Å². The molecule has 5 rings (SSSR count). The number of anilines is 2. The predicted octanol–water partition coefficient (Wildman–Crippen LogP) is 7.36. The third-order valence-electron chi connectivity index (χ3n) is 5.75. The van der Waals surface area contributed by atoms with E-state index in [4.69, 9.17) is 28.9 Å². The second-order valence-electron chi connectivity index (χ2n) is 7.85. The number of halogens is 3. The number of rotatable bonds is 5. The molecule has 0 amide bonds. The Bertz CT molecular complexity index is 1280. The third-order valence-corrected chi connectivity index (χ3v) is 6.98. The summed E-state index contributed by atoms with van der Waals surface area (Å²) in [7, 11) is 0. The first kappa shape index (κ1) is 21.4. The Morgan fingerprint density at radius 1 is 1.06 bits per heavy atom. The largest absolute Gasteiger partial charge is 0.383 e. The van der Waals surface area contributed by atoms with Gasteiger partial charge in [0.05, 0.1) is 11.1 Å². The second-order valence-corrected chi connectivity index (χ2v) is 9.60.